The Kier molecular flexibility index (Phi) is 4.97. The maximum atomic E-state index is 14.2. The molecule has 116 valence electrons. The Morgan fingerprint density at radius 3 is 2.71 bits per heavy atom. The predicted octanol–water partition coefficient (Wildman–Crippen LogP) is 1.70. The first-order valence-corrected chi connectivity index (χ1v) is 8.37. The van der Waals surface area contributed by atoms with Gasteiger partial charge in [-0.25, -0.2) is 17.6 Å². The van der Waals surface area contributed by atoms with E-state index in [1.165, 1.54) is 0 Å². The first kappa shape index (κ1) is 16.3. The number of nitrogens with zero attached hydrogens (tertiary/aromatic N) is 1. The predicted molar refractivity (Wildman–Crippen MR) is 75.3 cm³/mol. The molecule has 0 amide bonds. The van der Waals surface area contributed by atoms with Gasteiger partial charge in [0.2, 0.25) is 10.0 Å². The molecular formula is C12H13BrFNO5S. The molecule has 0 unspecified atom stereocenters. The third kappa shape index (κ3) is 3.42. The van der Waals surface area contributed by atoms with Gasteiger partial charge in [0.05, 0.1) is 12.2 Å². The molecule has 1 heterocycles. The molecular weight excluding hydrogens is 369 g/mol. The number of carboxylic acids is 1. The standard InChI is InChI=1S/C12H13BrFNO5S/c13-8-6-9(12(16)17)11(14)10(7-8)21(18,19)15-2-1-4-20-5-3-15/h6-7H,1-5H2,(H,16,17). The average molecular weight is 382 g/mol. The molecule has 0 atom stereocenters. The second kappa shape index (κ2) is 6.39. The fourth-order valence-electron chi connectivity index (χ4n) is 2.01. The zero-order valence-electron chi connectivity index (χ0n) is 10.9. The smallest absolute Gasteiger partial charge is 0.338 e. The van der Waals surface area contributed by atoms with Crippen molar-refractivity contribution >= 4 is 31.9 Å². The number of halogens is 2. The van der Waals surface area contributed by atoms with Crippen molar-refractivity contribution in [1.82, 2.24) is 4.31 Å². The van der Waals surface area contributed by atoms with Crippen LogP contribution >= 0.6 is 15.9 Å². The molecule has 0 radical (unpaired) electrons. The van der Waals surface area contributed by atoms with Crippen LogP contribution in [-0.2, 0) is 14.8 Å². The van der Waals surface area contributed by atoms with E-state index in [4.69, 9.17) is 9.84 Å². The van der Waals surface area contributed by atoms with Gasteiger partial charge in [0.25, 0.3) is 0 Å². The lowest BCUT2D eigenvalue weighted by Crippen LogP contribution is -2.34. The molecule has 1 aromatic rings. The molecule has 1 fully saturated rings. The summed E-state index contributed by atoms with van der Waals surface area (Å²) in [4.78, 5) is 10.4. The van der Waals surface area contributed by atoms with Crippen LogP contribution < -0.4 is 0 Å². The maximum absolute atomic E-state index is 14.2. The van der Waals surface area contributed by atoms with E-state index in [0.29, 0.717) is 13.0 Å². The SMILES string of the molecule is O=C(O)c1cc(Br)cc(S(=O)(=O)N2CCCOCC2)c1F. The number of hydrogen-bond acceptors (Lipinski definition) is 4. The Bertz CT molecular complexity index is 656. The molecule has 0 spiro atoms. The molecule has 21 heavy (non-hydrogen) atoms. The van der Waals surface area contributed by atoms with Gasteiger partial charge in [0, 0.05) is 24.2 Å². The minimum absolute atomic E-state index is 0.108. The summed E-state index contributed by atoms with van der Waals surface area (Å²) in [5, 5.41) is 8.95. The van der Waals surface area contributed by atoms with Crippen molar-refractivity contribution < 1.29 is 27.4 Å². The summed E-state index contributed by atoms with van der Waals surface area (Å²) in [5.74, 6) is -2.78. The molecule has 0 saturated carbocycles. The van der Waals surface area contributed by atoms with E-state index >= 15 is 0 Å². The van der Waals surface area contributed by atoms with Crippen LogP contribution in [0.4, 0.5) is 4.39 Å². The van der Waals surface area contributed by atoms with Crippen LogP contribution in [0.25, 0.3) is 0 Å². The largest absolute Gasteiger partial charge is 0.478 e. The van der Waals surface area contributed by atoms with Crippen LogP contribution in [0.1, 0.15) is 16.8 Å². The summed E-state index contributed by atoms with van der Waals surface area (Å²) in [5.41, 5.74) is -0.686. The number of ether oxygens (including phenoxy) is 1. The third-order valence-corrected chi connectivity index (χ3v) is 5.39. The highest BCUT2D eigenvalue weighted by atomic mass is 79.9. The number of carbonyl (C=O) groups is 1. The number of carboxylic acid groups (broad SMARTS) is 1. The van der Waals surface area contributed by atoms with Crippen LogP contribution in [0.15, 0.2) is 21.5 Å². The molecule has 0 aromatic heterocycles. The van der Waals surface area contributed by atoms with Crippen molar-refractivity contribution in [3.63, 3.8) is 0 Å². The monoisotopic (exact) mass is 381 g/mol. The Hall–Kier alpha value is -1.03. The van der Waals surface area contributed by atoms with Gasteiger partial charge in [-0.1, -0.05) is 15.9 Å². The van der Waals surface area contributed by atoms with Gasteiger partial charge in [-0.05, 0) is 18.6 Å². The van der Waals surface area contributed by atoms with Crippen molar-refractivity contribution in [1.29, 1.82) is 0 Å². The fraction of sp³-hybridized carbons (Fsp3) is 0.417. The van der Waals surface area contributed by atoms with Crippen LogP contribution in [-0.4, -0.2) is 50.1 Å². The van der Waals surface area contributed by atoms with Crippen molar-refractivity contribution in [3.05, 3.63) is 28.0 Å². The maximum Gasteiger partial charge on any atom is 0.338 e. The highest BCUT2D eigenvalue weighted by molar-refractivity contribution is 9.10. The highest BCUT2D eigenvalue weighted by Crippen LogP contribution is 2.27. The molecule has 1 saturated heterocycles. The molecule has 0 bridgehead atoms. The van der Waals surface area contributed by atoms with Crippen LogP contribution in [0.5, 0.6) is 0 Å². The third-order valence-electron chi connectivity index (χ3n) is 3.03. The number of aromatic carboxylic acids is 1. The highest BCUT2D eigenvalue weighted by Gasteiger charge is 2.31. The van der Waals surface area contributed by atoms with Crippen LogP contribution in [0.2, 0.25) is 0 Å². The Balaban J connectivity index is 2.51. The number of rotatable bonds is 3. The van der Waals surface area contributed by atoms with E-state index in [1.807, 2.05) is 0 Å². The molecule has 1 aromatic carbocycles. The summed E-state index contributed by atoms with van der Waals surface area (Å²) in [7, 11) is -4.11. The van der Waals surface area contributed by atoms with E-state index < -0.39 is 32.3 Å². The molecule has 6 nitrogen and oxygen atoms in total. The summed E-state index contributed by atoms with van der Waals surface area (Å²) < 4.78 is 45.7. The van der Waals surface area contributed by atoms with Gasteiger partial charge >= 0.3 is 5.97 Å². The van der Waals surface area contributed by atoms with Crippen molar-refractivity contribution in [3.8, 4) is 0 Å². The van der Waals surface area contributed by atoms with E-state index in [2.05, 4.69) is 15.9 Å². The quantitative estimate of drug-likeness (QED) is 0.861. The fourth-order valence-corrected chi connectivity index (χ4v) is 4.19. The minimum atomic E-state index is -4.11. The lowest BCUT2D eigenvalue weighted by molar-refractivity contribution is 0.0691. The second-order valence-corrected chi connectivity index (χ2v) is 7.26. The minimum Gasteiger partial charge on any atom is -0.478 e. The topological polar surface area (TPSA) is 83.9 Å². The normalized spacial score (nSPS) is 17.4. The molecule has 0 aliphatic carbocycles. The van der Waals surface area contributed by atoms with Crippen molar-refractivity contribution in [2.24, 2.45) is 0 Å². The van der Waals surface area contributed by atoms with Crippen LogP contribution in [0.3, 0.4) is 0 Å². The first-order valence-electron chi connectivity index (χ1n) is 6.14. The first-order chi connectivity index (χ1) is 9.84. The van der Waals surface area contributed by atoms with Crippen molar-refractivity contribution in [2.75, 3.05) is 26.3 Å². The van der Waals surface area contributed by atoms with Gasteiger partial charge < -0.3 is 9.84 Å². The van der Waals surface area contributed by atoms with E-state index in [9.17, 15) is 17.6 Å². The lowest BCUT2D eigenvalue weighted by Gasteiger charge is -2.20. The second-order valence-electron chi connectivity index (χ2n) is 4.44. The van der Waals surface area contributed by atoms with Crippen LogP contribution in [0, 0.1) is 5.82 Å². The van der Waals surface area contributed by atoms with E-state index in [0.717, 1.165) is 16.4 Å². The van der Waals surface area contributed by atoms with Gasteiger partial charge in [0.15, 0.2) is 5.82 Å². The Morgan fingerprint density at radius 1 is 1.33 bits per heavy atom. The van der Waals surface area contributed by atoms with Gasteiger partial charge in [0.1, 0.15) is 4.90 Å². The number of sulfonamides is 1. The van der Waals surface area contributed by atoms with Gasteiger partial charge in [-0.2, -0.15) is 4.31 Å². The zero-order chi connectivity index (χ0) is 15.6. The molecule has 1 N–H and O–H groups in total. The lowest BCUT2D eigenvalue weighted by atomic mass is 10.2. The zero-order valence-corrected chi connectivity index (χ0v) is 13.3. The average Bonchev–Trinajstić information content (AvgIpc) is 2.70. The molecule has 2 rings (SSSR count). The summed E-state index contributed by atoms with van der Waals surface area (Å²) in [6, 6.07) is 2.10. The molecule has 9 heteroatoms. The Morgan fingerprint density at radius 2 is 2.05 bits per heavy atom. The Labute approximate surface area is 129 Å². The van der Waals surface area contributed by atoms with Gasteiger partial charge in [-0.3, -0.25) is 0 Å². The van der Waals surface area contributed by atoms with E-state index in [1.54, 1.807) is 0 Å². The van der Waals surface area contributed by atoms with E-state index in [-0.39, 0.29) is 24.2 Å². The number of benzene rings is 1. The molecule has 1 aliphatic heterocycles. The summed E-state index contributed by atoms with van der Waals surface area (Å²) >= 11 is 3.01. The summed E-state index contributed by atoms with van der Waals surface area (Å²) in [6.07, 6.45) is 0.501. The number of hydrogen-bond donors (Lipinski definition) is 1. The molecule has 1 aliphatic rings. The summed E-state index contributed by atoms with van der Waals surface area (Å²) in [6.45, 7) is 0.974. The van der Waals surface area contributed by atoms with Gasteiger partial charge in [-0.15, -0.1) is 0 Å². The van der Waals surface area contributed by atoms with Crippen molar-refractivity contribution in [2.45, 2.75) is 11.3 Å².